The molecule has 0 fully saturated rings. The molecular formula is C21H16ClN3O. The van der Waals surface area contributed by atoms with Gasteiger partial charge in [-0.1, -0.05) is 54.1 Å². The van der Waals surface area contributed by atoms with E-state index in [4.69, 9.17) is 16.6 Å². The van der Waals surface area contributed by atoms with Crippen molar-refractivity contribution in [1.29, 1.82) is 0 Å². The average Bonchev–Trinajstić information content (AvgIpc) is 3.03. The van der Waals surface area contributed by atoms with Gasteiger partial charge < -0.3 is 9.88 Å². The van der Waals surface area contributed by atoms with Crippen LogP contribution >= 0.6 is 11.6 Å². The maximum absolute atomic E-state index is 12.6. The Morgan fingerprint density at radius 3 is 2.38 bits per heavy atom. The van der Waals surface area contributed by atoms with E-state index in [9.17, 15) is 4.79 Å². The van der Waals surface area contributed by atoms with Crippen molar-refractivity contribution in [3.63, 3.8) is 0 Å². The van der Waals surface area contributed by atoms with E-state index in [-0.39, 0.29) is 12.5 Å². The van der Waals surface area contributed by atoms with Crippen molar-refractivity contribution in [2.75, 3.05) is 5.32 Å². The van der Waals surface area contributed by atoms with Crippen molar-refractivity contribution in [3.05, 3.63) is 83.9 Å². The summed E-state index contributed by atoms with van der Waals surface area (Å²) in [7, 11) is 0. The van der Waals surface area contributed by atoms with Crippen molar-refractivity contribution in [3.8, 4) is 11.4 Å². The molecule has 1 N–H and O–H groups in total. The van der Waals surface area contributed by atoms with Gasteiger partial charge in [-0.2, -0.15) is 0 Å². The van der Waals surface area contributed by atoms with Crippen LogP contribution in [0, 0.1) is 0 Å². The zero-order valence-corrected chi connectivity index (χ0v) is 14.6. The molecule has 128 valence electrons. The van der Waals surface area contributed by atoms with Crippen molar-refractivity contribution < 1.29 is 4.79 Å². The molecule has 1 amide bonds. The second-order valence-corrected chi connectivity index (χ2v) is 6.37. The lowest BCUT2D eigenvalue weighted by Gasteiger charge is -2.10. The molecule has 0 saturated carbocycles. The quantitative estimate of drug-likeness (QED) is 0.556. The number of nitrogens with one attached hydrogen (secondary N) is 1. The lowest BCUT2D eigenvalue weighted by molar-refractivity contribution is -0.116. The highest BCUT2D eigenvalue weighted by Gasteiger charge is 2.15. The van der Waals surface area contributed by atoms with Crippen molar-refractivity contribution in [2.45, 2.75) is 6.54 Å². The highest BCUT2D eigenvalue weighted by molar-refractivity contribution is 6.30. The molecule has 26 heavy (non-hydrogen) atoms. The van der Waals surface area contributed by atoms with Gasteiger partial charge in [0, 0.05) is 16.3 Å². The first kappa shape index (κ1) is 16.4. The molecule has 0 bridgehead atoms. The van der Waals surface area contributed by atoms with E-state index >= 15 is 0 Å². The van der Waals surface area contributed by atoms with E-state index in [1.807, 2.05) is 59.2 Å². The number of carbonyl (C=O) groups excluding carboxylic acids is 1. The number of anilines is 1. The molecule has 0 unspecified atom stereocenters. The van der Waals surface area contributed by atoms with Crippen LogP contribution < -0.4 is 5.32 Å². The normalized spacial score (nSPS) is 10.8. The topological polar surface area (TPSA) is 46.9 Å². The summed E-state index contributed by atoms with van der Waals surface area (Å²) in [6.07, 6.45) is 0. The minimum atomic E-state index is -0.118. The first-order valence-electron chi connectivity index (χ1n) is 8.27. The number of hydrogen-bond donors (Lipinski definition) is 1. The van der Waals surface area contributed by atoms with Crippen LogP contribution in [-0.2, 0) is 11.3 Å². The van der Waals surface area contributed by atoms with Crippen LogP contribution in [0.15, 0.2) is 78.9 Å². The smallest absolute Gasteiger partial charge is 0.244 e. The number of fused-ring (bicyclic) bond motifs is 1. The van der Waals surface area contributed by atoms with E-state index < -0.39 is 0 Å². The third-order valence-corrected chi connectivity index (χ3v) is 4.37. The number of carbonyl (C=O) groups is 1. The Morgan fingerprint density at radius 1 is 0.923 bits per heavy atom. The summed E-state index contributed by atoms with van der Waals surface area (Å²) in [5.74, 6) is 0.658. The number of hydrogen-bond acceptors (Lipinski definition) is 2. The van der Waals surface area contributed by atoms with Crippen molar-refractivity contribution in [2.24, 2.45) is 0 Å². The van der Waals surface area contributed by atoms with Gasteiger partial charge in [-0.25, -0.2) is 4.98 Å². The number of benzene rings is 3. The Kier molecular flexibility index (Phi) is 4.42. The standard InChI is InChI=1S/C21H16ClN3O/c22-16-10-12-17(13-11-16)23-20(26)14-25-19-9-5-4-8-18(19)24-21(25)15-6-2-1-3-7-15/h1-13H,14H2,(H,23,26). The van der Waals surface area contributed by atoms with Crippen LogP contribution in [-0.4, -0.2) is 15.5 Å². The number of amides is 1. The zero-order chi connectivity index (χ0) is 17.9. The fourth-order valence-corrected chi connectivity index (χ4v) is 3.05. The molecule has 4 rings (SSSR count). The molecule has 0 radical (unpaired) electrons. The minimum absolute atomic E-state index is 0.118. The van der Waals surface area contributed by atoms with E-state index in [0.717, 1.165) is 22.4 Å². The Morgan fingerprint density at radius 2 is 1.62 bits per heavy atom. The molecule has 3 aromatic carbocycles. The maximum atomic E-state index is 12.6. The largest absolute Gasteiger partial charge is 0.325 e. The lowest BCUT2D eigenvalue weighted by atomic mass is 10.2. The predicted octanol–water partition coefficient (Wildman–Crippen LogP) is 5.00. The molecule has 0 aliphatic rings. The summed E-state index contributed by atoms with van der Waals surface area (Å²) < 4.78 is 1.94. The van der Waals surface area contributed by atoms with Crippen molar-refractivity contribution in [1.82, 2.24) is 9.55 Å². The monoisotopic (exact) mass is 361 g/mol. The third-order valence-electron chi connectivity index (χ3n) is 4.12. The van der Waals surface area contributed by atoms with Crippen LogP contribution in [0.4, 0.5) is 5.69 Å². The number of halogens is 1. The van der Waals surface area contributed by atoms with E-state index in [1.54, 1.807) is 24.3 Å². The highest BCUT2D eigenvalue weighted by atomic mass is 35.5. The van der Waals surface area contributed by atoms with Crippen LogP contribution in [0.3, 0.4) is 0 Å². The number of aromatic nitrogens is 2. The maximum Gasteiger partial charge on any atom is 0.244 e. The van der Waals surface area contributed by atoms with Gasteiger partial charge in [-0.3, -0.25) is 4.79 Å². The second kappa shape index (κ2) is 7.02. The number of para-hydroxylation sites is 2. The van der Waals surface area contributed by atoms with Crippen LogP contribution in [0.25, 0.3) is 22.4 Å². The van der Waals surface area contributed by atoms with Crippen LogP contribution in [0.1, 0.15) is 0 Å². The van der Waals surface area contributed by atoms with Gasteiger partial charge >= 0.3 is 0 Å². The second-order valence-electron chi connectivity index (χ2n) is 5.93. The Labute approximate surface area is 156 Å². The Balaban J connectivity index is 1.68. The fourth-order valence-electron chi connectivity index (χ4n) is 2.92. The molecule has 0 spiro atoms. The molecule has 4 nitrogen and oxygen atoms in total. The molecule has 1 heterocycles. The first-order valence-corrected chi connectivity index (χ1v) is 8.64. The summed E-state index contributed by atoms with van der Waals surface area (Å²) in [6, 6.07) is 24.8. The van der Waals surface area contributed by atoms with Crippen LogP contribution in [0.5, 0.6) is 0 Å². The van der Waals surface area contributed by atoms with Gasteiger partial charge in [0.05, 0.1) is 11.0 Å². The minimum Gasteiger partial charge on any atom is -0.325 e. The molecule has 1 aromatic heterocycles. The van der Waals surface area contributed by atoms with Crippen LogP contribution in [0.2, 0.25) is 5.02 Å². The predicted molar refractivity (Wildman–Crippen MR) is 105 cm³/mol. The van der Waals surface area contributed by atoms with E-state index in [0.29, 0.717) is 10.7 Å². The summed E-state index contributed by atoms with van der Waals surface area (Å²) in [5, 5.41) is 3.54. The van der Waals surface area contributed by atoms with Gasteiger partial charge in [-0.15, -0.1) is 0 Å². The molecular weight excluding hydrogens is 346 g/mol. The number of rotatable bonds is 4. The number of nitrogens with zero attached hydrogens (tertiary/aromatic N) is 2. The first-order chi connectivity index (χ1) is 12.7. The number of imidazole rings is 1. The van der Waals surface area contributed by atoms with E-state index in [1.165, 1.54) is 0 Å². The Hall–Kier alpha value is -3.11. The molecule has 5 heteroatoms. The van der Waals surface area contributed by atoms with E-state index in [2.05, 4.69) is 5.32 Å². The molecule has 0 saturated heterocycles. The average molecular weight is 362 g/mol. The molecule has 4 aromatic rings. The third kappa shape index (κ3) is 3.32. The van der Waals surface area contributed by atoms with Gasteiger partial charge in [0.1, 0.15) is 12.4 Å². The zero-order valence-electron chi connectivity index (χ0n) is 13.9. The molecule has 0 aliphatic carbocycles. The summed E-state index contributed by atoms with van der Waals surface area (Å²) in [6.45, 7) is 0.174. The van der Waals surface area contributed by atoms with Gasteiger partial charge in [0.15, 0.2) is 0 Å². The summed E-state index contributed by atoms with van der Waals surface area (Å²) in [5.41, 5.74) is 3.48. The fraction of sp³-hybridized carbons (Fsp3) is 0.0476. The molecule has 0 aliphatic heterocycles. The van der Waals surface area contributed by atoms with Gasteiger partial charge in [0.25, 0.3) is 0 Å². The SMILES string of the molecule is O=C(Cn1c(-c2ccccc2)nc2ccccc21)Nc1ccc(Cl)cc1. The summed E-state index contributed by atoms with van der Waals surface area (Å²) in [4.78, 5) is 17.3. The summed E-state index contributed by atoms with van der Waals surface area (Å²) >= 11 is 5.89. The molecule has 0 atom stereocenters. The lowest BCUT2D eigenvalue weighted by Crippen LogP contribution is -2.19. The van der Waals surface area contributed by atoms with Crippen molar-refractivity contribution >= 4 is 34.2 Å². The van der Waals surface area contributed by atoms with Gasteiger partial charge in [-0.05, 0) is 36.4 Å². The highest BCUT2D eigenvalue weighted by Crippen LogP contribution is 2.24. The van der Waals surface area contributed by atoms with Gasteiger partial charge in [0.2, 0.25) is 5.91 Å². The Bertz CT molecular complexity index is 1060.